The van der Waals surface area contributed by atoms with Gasteiger partial charge in [-0.2, -0.15) is 0 Å². The number of nitrogens with one attached hydrogen (secondary N) is 1. The lowest BCUT2D eigenvalue weighted by atomic mass is 9.95. The summed E-state index contributed by atoms with van der Waals surface area (Å²) >= 11 is 0. The molecule has 2 aliphatic rings. The molecule has 22 heavy (non-hydrogen) atoms. The number of halogens is 1. The standard InChI is InChI=1S/C19H29FN2/c1-15-9-19(21-11-16-5-2-3-6-16)14-22(12-15)13-17-7-4-8-18(20)10-17/h4,7-8,10,15-16,19,21H,2-3,5-6,9,11-14H2,1H3. The summed E-state index contributed by atoms with van der Waals surface area (Å²) in [6.07, 6.45) is 6.91. The van der Waals surface area contributed by atoms with Crippen molar-refractivity contribution in [2.75, 3.05) is 19.6 Å². The summed E-state index contributed by atoms with van der Waals surface area (Å²) in [5.41, 5.74) is 1.09. The minimum absolute atomic E-state index is 0.126. The van der Waals surface area contributed by atoms with Gasteiger partial charge >= 0.3 is 0 Å². The van der Waals surface area contributed by atoms with Crippen LogP contribution in [0.5, 0.6) is 0 Å². The van der Waals surface area contributed by atoms with Gasteiger partial charge in [0.05, 0.1) is 0 Å². The summed E-state index contributed by atoms with van der Waals surface area (Å²) in [6, 6.07) is 7.63. The quantitative estimate of drug-likeness (QED) is 0.890. The second-order valence-electron chi connectivity index (χ2n) is 7.42. The van der Waals surface area contributed by atoms with Crippen molar-refractivity contribution in [1.29, 1.82) is 0 Å². The summed E-state index contributed by atoms with van der Waals surface area (Å²) in [6.45, 7) is 6.60. The minimum Gasteiger partial charge on any atom is -0.312 e. The Balaban J connectivity index is 1.51. The van der Waals surface area contributed by atoms with E-state index >= 15 is 0 Å². The van der Waals surface area contributed by atoms with E-state index in [1.54, 1.807) is 6.07 Å². The van der Waals surface area contributed by atoms with E-state index in [1.165, 1.54) is 44.7 Å². The van der Waals surface area contributed by atoms with Crippen molar-refractivity contribution < 1.29 is 4.39 Å². The van der Waals surface area contributed by atoms with Crippen LogP contribution in [-0.2, 0) is 6.54 Å². The highest BCUT2D eigenvalue weighted by Crippen LogP contribution is 2.25. The zero-order chi connectivity index (χ0) is 15.4. The molecule has 2 nitrogen and oxygen atoms in total. The van der Waals surface area contributed by atoms with Crippen LogP contribution in [0.25, 0.3) is 0 Å². The van der Waals surface area contributed by atoms with Crippen molar-refractivity contribution >= 4 is 0 Å². The third-order valence-electron chi connectivity index (χ3n) is 5.20. The van der Waals surface area contributed by atoms with E-state index in [1.807, 2.05) is 12.1 Å². The molecule has 2 atom stereocenters. The van der Waals surface area contributed by atoms with Crippen LogP contribution >= 0.6 is 0 Å². The van der Waals surface area contributed by atoms with Gasteiger partial charge in [-0.3, -0.25) is 4.90 Å². The SMILES string of the molecule is CC1CC(NCC2CCCC2)CN(Cc2cccc(F)c2)C1. The van der Waals surface area contributed by atoms with E-state index < -0.39 is 0 Å². The molecular formula is C19H29FN2. The van der Waals surface area contributed by atoms with Gasteiger partial charge in [-0.25, -0.2) is 4.39 Å². The van der Waals surface area contributed by atoms with Crippen LogP contribution in [0.3, 0.4) is 0 Å². The predicted octanol–water partition coefficient (Wildman–Crippen LogP) is 3.82. The molecule has 0 bridgehead atoms. The molecule has 1 aromatic rings. The summed E-state index contributed by atoms with van der Waals surface area (Å²) < 4.78 is 13.3. The van der Waals surface area contributed by atoms with Crippen molar-refractivity contribution in [3.63, 3.8) is 0 Å². The maximum absolute atomic E-state index is 13.3. The van der Waals surface area contributed by atoms with Gasteiger partial charge in [0.15, 0.2) is 0 Å². The lowest BCUT2D eigenvalue weighted by Crippen LogP contribution is -2.49. The van der Waals surface area contributed by atoms with Crippen LogP contribution in [0.2, 0.25) is 0 Å². The van der Waals surface area contributed by atoms with E-state index in [-0.39, 0.29) is 5.82 Å². The molecule has 0 amide bonds. The van der Waals surface area contributed by atoms with E-state index in [2.05, 4.69) is 17.1 Å². The normalized spacial score (nSPS) is 27.4. The molecule has 0 radical (unpaired) electrons. The Morgan fingerprint density at radius 2 is 2.05 bits per heavy atom. The third kappa shape index (κ3) is 4.53. The van der Waals surface area contributed by atoms with E-state index in [9.17, 15) is 4.39 Å². The maximum Gasteiger partial charge on any atom is 0.123 e. The Morgan fingerprint density at radius 3 is 2.82 bits per heavy atom. The first-order valence-electron chi connectivity index (χ1n) is 8.89. The fraction of sp³-hybridized carbons (Fsp3) is 0.684. The molecule has 1 aliphatic heterocycles. The number of likely N-dealkylation sites (tertiary alicyclic amines) is 1. The van der Waals surface area contributed by atoms with Crippen LogP contribution < -0.4 is 5.32 Å². The molecule has 0 spiro atoms. The number of benzene rings is 1. The third-order valence-corrected chi connectivity index (χ3v) is 5.20. The number of rotatable bonds is 5. The molecule has 1 aliphatic carbocycles. The van der Waals surface area contributed by atoms with Crippen molar-refractivity contribution in [3.8, 4) is 0 Å². The fourth-order valence-corrected chi connectivity index (χ4v) is 4.18. The topological polar surface area (TPSA) is 15.3 Å². The van der Waals surface area contributed by atoms with Gasteiger partial charge in [0.25, 0.3) is 0 Å². The fourth-order valence-electron chi connectivity index (χ4n) is 4.18. The smallest absolute Gasteiger partial charge is 0.123 e. The molecule has 1 saturated heterocycles. The molecule has 1 heterocycles. The molecule has 3 rings (SSSR count). The molecule has 2 fully saturated rings. The van der Waals surface area contributed by atoms with Crippen LogP contribution in [0.4, 0.5) is 4.39 Å². The van der Waals surface area contributed by atoms with Gasteiger partial charge in [0, 0.05) is 25.7 Å². The molecule has 1 saturated carbocycles. The number of hydrogen-bond acceptors (Lipinski definition) is 2. The molecule has 2 unspecified atom stereocenters. The van der Waals surface area contributed by atoms with Gasteiger partial charge in [-0.1, -0.05) is 31.9 Å². The first-order valence-corrected chi connectivity index (χ1v) is 8.89. The van der Waals surface area contributed by atoms with E-state index in [0.29, 0.717) is 12.0 Å². The van der Waals surface area contributed by atoms with Crippen LogP contribution in [0.1, 0.15) is 44.6 Å². The summed E-state index contributed by atoms with van der Waals surface area (Å²) in [4.78, 5) is 2.48. The second-order valence-corrected chi connectivity index (χ2v) is 7.42. The summed E-state index contributed by atoms with van der Waals surface area (Å²) in [7, 11) is 0. The van der Waals surface area contributed by atoms with Gasteiger partial charge in [0.2, 0.25) is 0 Å². The molecule has 0 aromatic heterocycles. The van der Waals surface area contributed by atoms with Crippen LogP contribution in [0, 0.1) is 17.7 Å². The highest BCUT2D eigenvalue weighted by atomic mass is 19.1. The Bertz CT molecular complexity index is 470. The van der Waals surface area contributed by atoms with Gasteiger partial charge in [-0.15, -0.1) is 0 Å². The Kier molecular flexibility index (Phi) is 5.48. The van der Waals surface area contributed by atoms with Crippen LogP contribution in [-0.4, -0.2) is 30.6 Å². The first-order chi connectivity index (χ1) is 10.7. The van der Waals surface area contributed by atoms with Crippen molar-refractivity contribution in [2.45, 2.75) is 51.6 Å². The highest BCUT2D eigenvalue weighted by Gasteiger charge is 2.25. The highest BCUT2D eigenvalue weighted by molar-refractivity contribution is 5.16. The van der Waals surface area contributed by atoms with E-state index in [4.69, 9.17) is 0 Å². The molecule has 3 heteroatoms. The second kappa shape index (κ2) is 7.56. The molecule has 1 aromatic carbocycles. The van der Waals surface area contributed by atoms with Crippen LogP contribution in [0.15, 0.2) is 24.3 Å². The zero-order valence-electron chi connectivity index (χ0n) is 13.7. The Hall–Kier alpha value is -0.930. The van der Waals surface area contributed by atoms with Gasteiger partial charge < -0.3 is 5.32 Å². The molecular weight excluding hydrogens is 275 g/mol. The van der Waals surface area contributed by atoms with Crippen molar-refractivity contribution in [3.05, 3.63) is 35.6 Å². The molecule has 1 N–H and O–H groups in total. The largest absolute Gasteiger partial charge is 0.312 e. The number of nitrogens with zero attached hydrogens (tertiary/aromatic N) is 1. The average Bonchev–Trinajstić information content (AvgIpc) is 2.98. The zero-order valence-corrected chi connectivity index (χ0v) is 13.7. The maximum atomic E-state index is 13.3. The molecule has 122 valence electrons. The first kappa shape index (κ1) is 15.9. The number of piperidine rings is 1. The Labute approximate surface area is 134 Å². The average molecular weight is 304 g/mol. The minimum atomic E-state index is -0.126. The van der Waals surface area contributed by atoms with Gasteiger partial charge in [-0.05, 0) is 55.3 Å². The summed E-state index contributed by atoms with van der Waals surface area (Å²) in [5, 5.41) is 3.81. The van der Waals surface area contributed by atoms with E-state index in [0.717, 1.165) is 31.1 Å². The van der Waals surface area contributed by atoms with Crippen molar-refractivity contribution in [1.82, 2.24) is 10.2 Å². The lowest BCUT2D eigenvalue weighted by molar-refractivity contribution is 0.140. The Morgan fingerprint density at radius 1 is 1.23 bits per heavy atom. The lowest BCUT2D eigenvalue weighted by Gasteiger charge is -2.37. The van der Waals surface area contributed by atoms with Gasteiger partial charge in [0.1, 0.15) is 5.82 Å². The van der Waals surface area contributed by atoms with Crippen molar-refractivity contribution in [2.24, 2.45) is 11.8 Å². The summed E-state index contributed by atoms with van der Waals surface area (Å²) in [5.74, 6) is 1.48. The monoisotopic (exact) mass is 304 g/mol. The predicted molar refractivity (Wildman–Crippen MR) is 89.2 cm³/mol. The number of hydrogen-bond donors (Lipinski definition) is 1.